The van der Waals surface area contributed by atoms with Crippen LogP contribution in [0.25, 0.3) is 0 Å². The summed E-state index contributed by atoms with van der Waals surface area (Å²) < 4.78 is 0. The molecule has 0 radical (unpaired) electrons. The summed E-state index contributed by atoms with van der Waals surface area (Å²) >= 11 is 0. The van der Waals surface area contributed by atoms with Crippen molar-refractivity contribution in [2.75, 3.05) is 0 Å². The first-order chi connectivity index (χ1) is 7.91. The lowest BCUT2D eigenvalue weighted by Crippen LogP contribution is -2.15. The number of hydrogen-bond donors (Lipinski definition) is 2. The molecule has 0 rings (SSSR count). The van der Waals surface area contributed by atoms with Gasteiger partial charge in [-0.1, -0.05) is 40.0 Å². The van der Waals surface area contributed by atoms with Gasteiger partial charge in [-0.3, -0.25) is 0 Å². The third-order valence-electron chi connectivity index (χ3n) is 2.67. The fourth-order valence-corrected chi connectivity index (χ4v) is 1.81. The summed E-state index contributed by atoms with van der Waals surface area (Å²) in [6.45, 7) is 5.49. The van der Waals surface area contributed by atoms with Gasteiger partial charge in [0.25, 0.3) is 0 Å². The van der Waals surface area contributed by atoms with Crippen molar-refractivity contribution in [2.45, 2.75) is 52.9 Å². The van der Waals surface area contributed by atoms with Crippen molar-refractivity contribution in [3.8, 4) is 0 Å². The molecule has 0 fully saturated rings. The van der Waals surface area contributed by atoms with Gasteiger partial charge in [0.05, 0.1) is 0 Å². The van der Waals surface area contributed by atoms with Crippen LogP contribution in [0.15, 0.2) is 11.1 Å². The Hall–Kier alpha value is -1.32. The highest BCUT2D eigenvalue weighted by Gasteiger charge is 2.22. The van der Waals surface area contributed by atoms with Crippen LogP contribution < -0.4 is 0 Å². The second-order valence-electron chi connectivity index (χ2n) is 4.47. The van der Waals surface area contributed by atoms with Gasteiger partial charge in [0.1, 0.15) is 0 Å². The number of rotatable bonds is 8. The molecule has 0 amide bonds. The van der Waals surface area contributed by atoms with Gasteiger partial charge >= 0.3 is 11.9 Å². The van der Waals surface area contributed by atoms with Crippen molar-refractivity contribution in [2.24, 2.45) is 5.92 Å². The molecule has 17 heavy (non-hydrogen) atoms. The minimum Gasteiger partial charge on any atom is -0.478 e. The second kappa shape index (κ2) is 7.87. The molecule has 0 saturated heterocycles. The van der Waals surface area contributed by atoms with Gasteiger partial charge in [0.15, 0.2) is 0 Å². The molecule has 0 aromatic heterocycles. The Morgan fingerprint density at radius 1 is 1.00 bits per heavy atom. The molecular weight excluding hydrogens is 220 g/mol. The lowest BCUT2D eigenvalue weighted by molar-refractivity contribution is -0.136. The minimum atomic E-state index is -1.12. The van der Waals surface area contributed by atoms with E-state index in [1.807, 2.05) is 0 Å². The summed E-state index contributed by atoms with van der Waals surface area (Å²) in [4.78, 5) is 22.1. The summed E-state index contributed by atoms with van der Waals surface area (Å²) in [5.74, 6) is -2.50. The van der Waals surface area contributed by atoms with Gasteiger partial charge in [-0.05, 0) is 18.8 Å². The first kappa shape index (κ1) is 15.7. The van der Waals surface area contributed by atoms with Crippen molar-refractivity contribution < 1.29 is 19.8 Å². The number of carbonyl (C=O) groups is 2. The predicted molar refractivity (Wildman–Crippen MR) is 65.9 cm³/mol. The highest BCUT2D eigenvalue weighted by atomic mass is 16.4. The van der Waals surface area contributed by atoms with E-state index < -0.39 is 11.9 Å². The van der Waals surface area contributed by atoms with E-state index >= 15 is 0 Å². The van der Waals surface area contributed by atoms with E-state index in [0.29, 0.717) is 6.42 Å². The fraction of sp³-hybridized carbons (Fsp3) is 0.692. The fourth-order valence-electron chi connectivity index (χ4n) is 1.81. The van der Waals surface area contributed by atoms with Crippen molar-refractivity contribution in [1.29, 1.82) is 0 Å². The van der Waals surface area contributed by atoms with Crippen LogP contribution in [0.3, 0.4) is 0 Å². The Kier molecular flexibility index (Phi) is 7.26. The number of carboxylic acid groups (broad SMARTS) is 2. The van der Waals surface area contributed by atoms with Crippen LogP contribution in [0.4, 0.5) is 0 Å². The lowest BCUT2D eigenvalue weighted by atomic mass is 9.93. The highest BCUT2D eigenvalue weighted by molar-refractivity contribution is 5.99. The average Bonchev–Trinajstić information content (AvgIpc) is 2.20. The molecular formula is C13H22O4. The maximum atomic E-state index is 11.1. The maximum Gasteiger partial charge on any atom is 0.332 e. The van der Waals surface area contributed by atoms with Crippen LogP contribution in [0.2, 0.25) is 0 Å². The van der Waals surface area contributed by atoms with E-state index in [9.17, 15) is 9.59 Å². The third-order valence-corrected chi connectivity index (χ3v) is 2.67. The van der Waals surface area contributed by atoms with Crippen LogP contribution in [0, 0.1) is 5.92 Å². The molecule has 0 aromatic carbocycles. The molecule has 0 atom stereocenters. The highest BCUT2D eigenvalue weighted by Crippen LogP contribution is 2.21. The average molecular weight is 242 g/mol. The number of hydrogen-bond acceptors (Lipinski definition) is 2. The lowest BCUT2D eigenvalue weighted by Gasteiger charge is -2.11. The molecule has 0 aliphatic carbocycles. The first-order valence-corrected chi connectivity index (χ1v) is 6.11. The standard InChI is InChI=1S/C13H22O4/c1-4-5-6-7-8-10(12(14)15)11(9(2)3)13(16)17/h9H,4-8H2,1-3H3,(H,14,15)(H,16,17). The molecule has 0 aliphatic rings. The molecule has 0 spiro atoms. The van der Waals surface area contributed by atoms with Crippen LogP contribution in [-0.2, 0) is 9.59 Å². The largest absolute Gasteiger partial charge is 0.478 e. The van der Waals surface area contributed by atoms with Gasteiger partial charge in [-0.2, -0.15) is 0 Å². The van der Waals surface area contributed by atoms with E-state index in [4.69, 9.17) is 10.2 Å². The molecule has 0 unspecified atom stereocenters. The van der Waals surface area contributed by atoms with Gasteiger partial charge in [0.2, 0.25) is 0 Å². The molecule has 0 heterocycles. The Bertz CT molecular complexity index is 303. The summed E-state index contributed by atoms with van der Waals surface area (Å²) in [6.07, 6.45) is 4.14. The van der Waals surface area contributed by atoms with Crippen molar-refractivity contribution >= 4 is 11.9 Å². The number of unbranched alkanes of at least 4 members (excludes halogenated alkanes) is 3. The summed E-state index contributed by atoms with van der Waals surface area (Å²) in [7, 11) is 0. The molecule has 4 nitrogen and oxygen atoms in total. The molecule has 0 saturated carbocycles. The van der Waals surface area contributed by atoms with Crippen LogP contribution in [0.5, 0.6) is 0 Å². The van der Waals surface area contributed by atoms with E-state index in [1.165, 1.54) is 0 Å². The Morgan fingerprint density at radius 3 is 1.94 bits per heavy atom. The molecule has 98 valence electrons. The summed E-state index contributed by atoms with van der Waals surface area (Å²) in [5, 5.41) is 18.1. The molecule has 0 aliphatic heterocycles. The monoisotopic (exact) mass is 242 g/mol. The van der Waals surface area contributed by atoms with E-state index in [2.05, 4.69) is 6.92 Å². The topological polar surface area (TPSA) is 74.6 Å². The Balaban J connectivity index is 4.84. The van der Waals surface area contributed by atoms with Crippen molar-refractivity contribution in [3.05, 3.63) is 11.1 Å². The Morgan fingerprint density at radius 2 is 1.59 bits per heavy atom. The van der Waals surface area contributed by atoms with Gasteiger partial charge < -0.3 is 10.2 Å². The normalized spacial score (nSPS) is 12.5. The van der Waals surface area contributed by atoms with Gasteiger partial charge in [0, 0.05) is 11.1 Å². The van der Waals surface area contributed by atoms with Crippen LogP contribution >= 0.6 is 0 Å². The van der Waals surface area contributed by atoms with E-state index in [1.54, 1.807) is 13.8 Å². The zero-order valence-corrected chi connectivity index (χ0v) is 10.8. The summed E-state index contributed by atoms with van der Waals surface area (Å²) in [6, 6.07) is 0. The smallest absolute Gasteiger partial charge is 0.332 e. The maximum absolute atomic E-state index is 11.1. The van der Waals surface area contributed by atoms with E-state index in [0.717, 1.165) is 25.7 Å². The number of aliphatic carboxylic acids is 2. The first-order valence-electron chi connectivity index (χ1n) is 6.11. The molecule has 2 N–H and O–H groups in total. The van der Waals surface area contributed by atoms with Gasteiger partial charge in [-0.25, -0.2) is 9.59 Å². The SMILES string of the molecule is CCCCCCC(C(=O)O)=C(C(=O)O)C(C)C. The quantitative estimate of drug-likeness (QED) is 0.506. The molecule has 0 aromatic rings. The predicted octanol–water partition coefficient (Wildman–Crippen LogP) is 3.08. The minimum absolute atomic E-state index is 0.0361. The zero-order valence-electron chi connectivity index (χ0n) is 10.8. The second-order valence-corrected chi connectivity index (χ2v) is 4.47. The van der Waals surface area contributed by atoms with E-state index in [-0.39, 0.29) is 17.1 Å². The van der Waals surface area contributed by atoms with Crippen LogP contribution in [-0.4, -0.2) is 22.2 Å². The van der Waals surface area contributed by atoms with Gasteiger partial charge in [-0.15, -0.1) is 0 Å². The summed E-state index contributed by atoms with van der Waals surface area (Å²) in [5.41, 5.74) is 0.0950. The zero-order chi connectivity index (χ0) is 13.4. The third kappa shape index (κ3) is 5.52. The van der Waals surface area contributed by atoms with Crippen molar-refractivity contribution in [1.82, 2.24) is 0 Å². The molecule has 4 heteroatoms. The molecule has 0 bridgehead atoms. The Labute approximate surface area is 102 Å². The van der Waals surface area contributed by atoms with Crippen molar-refractivity contribution in [3.63, 3.8) is 0 Å². The van der Waals surface area contributed by atoms with Crippen LogP contribution in [0.1, 0.15) is 52.9 Å². The number of carboxylic acids is 2.